The van der Waals surface area contributed by atoms with Gasteiger partial charge in [0, 0.05) is 5.56 Å². The van der Waals surface area contributed by atoms with Crippen molar-refractivity contribution in [3.05, 3.63) is 59.7 Å². The van der Waals surface area contributed by atoms with Gasteiger partial charge in [0.15, 0.2) is 0 Å². The van der Waals surface area contributed by atoms with Gasteiger partial charge in [0.1, 0.15) is 0 Å². The highest BCUT2D eigenvalue weighted by molar-refractivity contribution is 6.53. The summed E-state index contributed by atoms with van der Waals surface area (Å²) >= 11 is 0. The number of ketones is 2. The number of carbonyl (C=O) groups excluding carboxylic acids is 2. The zero-order valence-corrected chi connectivity index (χ0v) is 8.47. The molecule has 1 N–H and O–H groups in total. The van der Waals surface area contributed by atoms with Crippen molar-refractivity contribution >= 4 is 11.6 Å². The summed E-state index contributed by atoms with van der Waals surface area (Å²) in [5, 5.41) is 0. The Hall–Kier alpha value is -2.22. The molecular formula is C14H9O2+. The highest BCUT2D eigenvalue weighted by Crippen LogP contribution is 2.32. The lowest BCUT2D eigenvalue weighted by Crippen LogP contribution is -2.21. The molecular weight excluding hydrogens is 200 g/mol. The summed E-state index contributed by atoms with van der Waals surface area (Å²) in [7, 11) is 0. The zero-order valence-electron chi connectivity index (χ0n) is 8.47. The van der Waals surface area contributed by atoms with Crippen LogP contribution in [0.1, 0.15) is 15.9 Å². The van der Waals surface area contributed by atoms with Crippen LogP contribution in [-0.2, 0) is 0 Å². The van der Waals surface area contributed by atoms with Gasteiger partial charge >= 0.3 is 5.78 Å². The first-order valence-electron chi connectivity index (χ1n) is 5.08. The largest absolute Gasteiger partial charge is 0.395 e. The van der Waals surface area contributed by atoms with Gasteiger partial charge in [0.25, 0.3) is 5.78 Å². The number of hydrogen-bond donors (Lipinski definition) is 0. The van der Waals surface area contributed by atoms with Crippen LogP contribution in [0.5, 0.6) is 0 Å². The summed E-state index contributed by atoms with van der Waals surface area (Å²) < 4.78 is 0. The van der Waals surface area contributed by atoms with Gasteiger partial charge < -0.3 is 0 Å². The summed E-state index contributed by atoms with van der Waals surface area (Å²) in [6.45, 7) is 0. The predicted octanol–water partition coefficient (Wildman–Crippen LogP) is 2.44. The molecule has 0 radical (unpaired) electrons. The van der Waals surface area contributed by atoms with Crippen LogP contribution in [0.25, 0.3) is 11.1 Å². The van der Waals surface area contributed by atoms with Crippen molar-refractivity contribution in [2.45, 2.75) is 0 Å². The molecule has 0 atom stereocenters. The third-order valence-electron chi connectivity index (χ3n) is 2.86. The van der Waals surface area contributed by atoms with Crippen LogP contribution in [0.4, 0.5) is 0 Å². The van der Waals surface area contributed by atoms with E-state index in [1.165, 1.54) is 0 Å². The second-order valence-electron chi connectivity index (χ2n) is 3.77. The molecule has 0 aliphatic heterocycles. The van der Waals surface area contributed by atoms with E-state index in [9.17, 15) is 9.59 Å². The minimum atomic E-state index is -0.297. The average molecular weight is 209 g/mol. The van der Waals surface area contributed by atoms with Crippen molar-refractivity contribution in [2.24, 2.45) is 0 Å². The number of benzene rings is 2. The van der Waals surface area contributed by atoms with Crippen molar-refractivity contribution in [1.82, 2.24) is 0 Å². The topological polar surface area (TPSA) is 38.5 Å². The molecule has 0 amide bonds. The summed E-state index contributed by atoms with van der Waals surface area (Å²) in [4.78, 5) is 21.7. The number of hydrogen-bond acceptors (Lipinski definition) is 1. The maximum Gasteiger partial charge on any atom is 0.395 e. The second kappa shape index (κ2) is 3.14. The lowest BCUT2D eigenvalue weighted by Gasteiger charge is -2.14. The highest BCUT2D eigenvalue weighted by atomic mass is 16.2. The third-order valence-corrected chi connectivity index (χ3v) is 2.86. The minimum absolute atomic E-state index is 0.158. The van der Waals surface area contributed by atoms with Crippen molar-refractivity contribution < 1.29 is 9.59 Å². The number of rotatable bonds is 0. The van der Waals surface area contributed by atoms with Gasteiger partial charge in [0.05, 0.1) is 5.56 Å². The van der Waals surface area contributed by atoms with Crippen LogP contribution in [0.3, 0.4) is 0 Å². The summed E-state index contributed by atoms with van der Waals surface area (Å²) in [6, 6.07) is 14.7. The van der Waals surface area contributed by atoms with E-state index in [0.717, 1.165) is 11.1 Å². The Kier molecular flexibility index (Phi) is 1.77. The van der Waals surface area contributed by atoms with Gasteiger partial charge in [-0.05, 0) is 17.2 Å². The Bertz CT molecular complexity index is 556. The molecule has 0 unspecified atom stereocenters. The van der Waals surface area contributed by atoms with E-state index in [0.29, 0.717) is 11.1 Å². The van der Waals surface area contributed by atoms with Gasteiger partial charge in [-0.3, -0.25) is 9.59 Å². The molecule has 0 spiro atoms. The molecule has 2 aromatic rings. The second-order valence-corrected chi connectivity index (χ2v) is 3.77. The monoisotopic (exact) mass is 209 g/mol. The summed E-state index contributed by atoms with van der Waals surface area (Å²) in [6.07, 6.45) is 0. The highest BCUT2D eigenvalue weighted by Gasteiger charge is 2.34. The van der Waals surface area contributed by atoms with Crippen LogP contribution in [0, 0.1) is 0 Å². The lowest BCUT2D eigenvalue weighted by molar-refractivity contribution is 0.105. The smallest absolute Gasteiger partial charge is 0.279 e. The Balaban J connectivity index is 2.41. The van der Waals surface area contributed by atoms with Gasteiger partial charge in [-0.25, -0.2) is 0 Å². The van der Waals surface area contributed by atoms with E-state index in [2.05, 4.69) is 0 Å². The fraction of sp³-hybridized carbons (Fsp3) is 0. The summed E-state index contributed by atoms with van der Waals surface area (Å²) in [5.74, 6) is -0.455. The van der Waals surface area contributed by atoms with Crippen LogP contribution in [0.15, 0.2) is 48.5 Å². The molecule has 76 valence electrons. The Labute approximate surface area is 92.5 Å². The Morgan fingerprint density at radius 2 is 1.12 bits per heavy atom. The third kappa shape index (κ3) is 1.07. The quantitative estimate of drug-likeness (QED) is 0.485. The molecule has 16 heavy (non-hydrogen) atoms. The van der Waals surface area contributed by atoms with Crippen LogP contribution >= 0.6 is 0 Å². The molecule has 1 aliphatic carbocycles. The SMILES string of the molecule is O=C1C(=[OH+])c2ccccc2-c2ccccc21. The van der Waals surface area contributed by atoms with Crippen molar-refractivity contribution in [1.29, 1.82) is 0 Å². The molecule has 0 bridgehead atoms. The van der Waals surface area contributed by atoms with Crippen LogP contribution in [0.2, 0.25) is 0 Å². The van der Waals surface area contributed by atoms with E-state index in [1.807, 2.05) is 30.3 Å². The minimum Gasteiger partial charge on any atom is -0.279 e. The van der Waals surface area contributed by atoms with Crippen LogP contribution in [-0.4, -0.2) is 16.4 Å². The first-order chi connectivity index (χ1) is 7.79. The molecule has 1 aliphatic rings. The van der Waals surface area contributed by atoms with Crippen molar-refractivity contribution in [2.75, 3.05) is 0 Å². The molecule has 2 nitrogen and oxygen atoms in total. The van der Waals surface area contributed by atoms with Gasteiger partial charge in [0.2, 0.25) is 0 Å². The molecule has 3 rings (SSSR count). The Morgan fingerprint density at radius 1 is 0.688 bits per heavy atom. The first kappa shape index (κ1) is 9.04. The van der Waals surface area contributed by atoms with E-state index < -0.39 is 0 Å². The normalized spacial score (nSPS) is 13.2. The van der Waals surface area contributed by atoms with Gasteiger partial charge in [-0.15, -0.1) is 0 Å². The molecule has 0 saturated carbocycles. The first-order valence-corrected chi connectivity index (χ1v) is 5.08. The van der Waals surface area contributed by atoms with Crippen molar-refractivity contribution in [3.8, 4) is 11.1 Å². The Morgan fingerprint density at radius 3 is 1.75 bits per heavy atom. The molecule has 2 aromatic carbocycles. The molecule has 0 saturated heterocycles. The average Bonchev–Trinajstić information content (AvgIpc) is 2.36. The van der Waals surface area contributed by atoms with Crippen LogP contribution < -0.4 is 0 Å². The van der Waals surface area contributed by atoms with E-state index in [4.69, 9.17) is 0 Å². The standard InChI is InChI=1S/C14H8O2/c15-13-11-7-3-1-5-9(11)10-6-2-4-8-12(10)14(13)16/h1-8H/p+1. The predicted molar refractivity (Wildman–Crippen MR) is 62.3 cm³/mol. The van der Waals surface area contributed by atoms with Crippen molar-refractivity contribution in [3.63, 3.8) is 0 Å². The van der Waals surface area contributed by atoms with E-state index in [-0.39, 0.29) is 11.6 Å². The van der Waals surface area contributed by atoms with Gasteiger partial charge in [-0.2, -0.15) is 0 Å². The maximum absolute atomic E-state index is 11.9. The molecule has 2 heteroatoms. The van der Waals surface area contributed by atoms with Gasteiger partial charge in [-0.1, -0.05) is 42.5 Å². The molecule has 0 fully saturated rings. The number of Topliss-reactive ketones (excluding diaryl/α,β-unsaturated/α-hetero) is 1. The zero-order chi connectivity index (χ0) is 11.1. The lowest BCUT2D eigenvalue weighted by atomic mass is 9.84. The summed E-state index contributed by atoms with van der Waals surface area (Å²) in [5.41, 5.74) is 2.99. The maximum atomic E-state index is 11.9. The van der Waals surface area contributed by atoms with E-state index in [1.54, 1.807) is 18.2 Å². The number of carbonyl (C=O) groups is 1. The fourth-order valence-electron chi connectivity index (χ4n) is 2.09. The number of fused-ring (bicyclic) bond motifs is 3. The molecule has 0 aromatic heterocycles. The van der Waals surface area contributed by atoms with E-state index >= 15 is 0 Å². The fourth-order valence-corrected chi connectivity index (χ4v) is 2.09. The molecule has 0 heterocycles.